The van der Waals surface area contributed by atoms with Crippen LogP contribution in [0, 0.1) is 5.92 Å². The maximum atomic E-state index is 12.7. The summed E-state index contributed by atoms with van der Waals surface area (Å²) in [5, 5.41) is 0. The van der Waals surface area contributed by atoms with Gasteiger partial charge in [-0.25, -0.2) is 4.98 Å². The fourth-order valence-electron chi connectivity index (χ4n) is 3.67. The molecule has 136 valence electrons. The Labute approximate surface area is 148 Å². The number of rotatable bonds is 4. The van der Waals surface area contributed by atoms with Crippen molar-refractivity contribution in [2.24, 2.45) is 11.7 Å². The summed E-state index contributed by atoms with van der Waals surface area (Å²) in [5.74, 6) is 0.844. The molecule has 7 nitrogen and oxygen atoms in total. The molecule has 2 fully saturated rings. The van der Waals surface area contributed by atoms with Gasteiger partial charge in [0.25, 0.3) is 5.91 Å². The Morgan fingerprint density at radius 3 is 2.56 bits per heavy atom. The predicted molar refractivity (Wildman–Crippen MR) is 94.3 cm³/mol. The van der Waals surface area contributed by atoms with E-state index in [0.717, 1.165) is 25.1 Å². The number of hydrogen-bond donors (Lipinski definition) is 1. The SMILES string of the molecule is CN(C)c1cc(C(=O)N2CCC([C@@H]3CC[C@H](C(N)=O)O3)CC2)ccn1. The van der Waals surface area contributed by atoms with Gasteiger partial charge in [0.1, 0.15) is 11.9 Å². The first-order chi connectivity index (χ1) is 12.0. The lowest BCUT2D eigenvalue weighted by molar-refractivity contribution is -0.130. The van der Waals surface area contributed by atoms with Gasteiger partial charge >= 0.3 is 0 Å². The molecule has 0 aliphatic carbocycles. The summed E-state index contributed by atoms with van der Waals surface area (Å²) in [6.07, 6.45) is 4.71. The minimum Gasteiger partial charge on any atom is -0.367 e. The number of pyridine rings is 1. The van der Waals surface area contributed by atoms with E-state index in [-0.39, 0.29) is 17.9 Å². The van der Waals surface area contributed by atoms with E-state index in [2.05, 4.69) is 4.98 Å². The molecule has 0 aromatic carbocycles. The number of likely N-dealkylation sites (tertiary alicyclic amines) is 1. The second-order valence-electron chi connectivity index (χ2n) is 7.07. The smallest absolute Gasteiger partial charge is 0.254 e. The summed E-state index contributed by atoms with van der Waals surface area (Å²) in [6.45, 7) is 1.43. The van der Waals surface area contributed by atoms with E-state index in [1.54, 1.807) is 12.3 Å². The highest BCUT2D eigenvalue weighted by Crippen LogP contribution is 2.32. The summed E-state index contributed by atoms with van der Waals surface area (Å²) in [5.41, 5.74) is 5.99. The average Bonchev–Trinajstić information content (AvgIpc) is 3.12. The van der Waals surface area contributed by atoms with E-state index in [4.69, 9.17) is 10.5 Å². The molecule has 1 aromatic heterocycles. The van der Waals surface area contributed by atoms with Crippen molar-refractivity contribution < 1.29 is 14.3 Å². The molecule has 0 saturated carbocycles. The number of anilines is 1. The summed E-state index contributed by atoms with van der Waals surface area (Å²) >= 11 is 0. The van der Waals surface area contributed by atoms with E-state index in [1.165, 1.54) is 0 Å². The number of amides is 2. The summed E-state index contributed by atoms with van der Waals surface area (Å²) < 4.78 is 5.79. The normalized spacial score (nSPS) is 24.3. The Kier molecular flexibility index (Phi) is 5.22. The summed E-state index contributed by atoms with van der Waals surface area (Å²) in [6, 6.07) is 3.59. The zero-order chi connectivity index (χ0) is 18.0. The molecule has 0 unspecified atom stereocenters. The Morgan fingerprint density at radius 2 is 1.96 bits per heavy atom. The highest BCUT2D eigenvalue weighted by atomic mass is 16.5. The van der Waals surface area contributed by atoms with Gasteiger partial charge in [-0.1, -0.05) is 0 Å². The molecule has 2 aliphatic heterocycles. The van der Waals surface area contributed by atoms with Crippen molar-refractivity contribution in [2.75, 3.05) is 32.1 Å². The Bertz CT molecular complexity index is 641. The van der Waals surface area contributed by atoms with Gasteiger partial charge in [0.2, 0.25) is 5.91 Å². The van der Waals surface area contributed by atoms with Crippen LogP contribution >= 0.6 is 0 Å². The fourth-order valence-corrected chi connectivity index (χ4v) is 3.67. The second kappa shape index (κ2) is 7.39. The molecule has 2 amide bonds. The van der Waals surface area contributed by atoms with Crippen LogP contribution in [0.4, 0.5) is 5.82 Å². The van der Waals surface area contributed by atoms with E-state index < -0.39 is 6.10 Å². The van der Waals surface area contributed by atoms with Crippen molar-refractivity contribution >= 4 is 17.6 Å². The highest BCUT2D eigenvalue weighted by molar-refractivity contribution is 5.94. The van der Waals surface area contributed by atoms with E-state index in [1.807, 2.05) is 30.0 Å². The van der Waals surface area contributed by atoms with E-state index in [9.17, 15) is 9.59 Å². The highest BCUT2D eigenvalue weighted by Gasteiger charge is 2.36. The van der Waals surface area contributed by atoms with Gasteiger partial charge in [-0.05, 0) is 43.7 Å². The van der Waals surface area contributed by atoms with Crippen molar-refractivity contribution in [3.8, 4) is 0 Å². The van der Waals surface area contributed by atoms with Crippen LogP contribution in [0.5, 0.6) is 0 Å². The zero-order valence-electron chi connectivity index (χ0n) is 14.9. The quantitative estimate of drug-likeness (QED) is 0.880. The molecule has 25 heavy (non-hydrogen) atoms. The number of piperidine rings is 1. The molecule has 7 heteroatoms. The molecule has 2 aliphatic rings. The molecule has 0 bridgehead atoms. The maximum absolute atomic E-state index is 12.7. The third-order valence-electron chi connectivity index (χ3n) is 5.17. The van der Waals surface area contributed by atoms with E-state index in [0.29, 0.717) is 31.0 Å². The molecule has 3 rings (SSSR count). The van der Waals surface area contributed by atoms with Crippen LogP contribution in [-0.4, -0.2) is 61.1 Å². The maximum Gasteiger partial charge on any atom is 0.254 e. The first-order valence-electron chi connectivity index (χ1n) is 8.83. The fraction of sp³-hybridized carbons (Fsp3) is 0.611. The van der Waals surface area contributed by atoms with Gasteiger partial charge in [-0.15, -0.1) is 0 Å². The number of carbonyl (C=O) groups is 2. The van der Waals surface area contributed by atoms with Gasteiger partial charge in [-0.3, -0.25) is 9.59 Å². The first-order valence-corrected chi connectivity index (χ1v) is 8.83. The van der Waals surface area contributed by atoms with Gasteiger partial charge in [0.05, 0.1) is 6.10 Å². The minimum absolute atomic E-state index is 0.0475. The standard InChI is InChI=1S/C18H26N4O3/c1-21(2)16-11-13(5-8-20-16)18(24)22-9-6-12(7-10-22)14-3-4-15(25-14)17(19)23/h5,8,11-12,14-15H,3-4,6-7,9-10H2,1-2H3,(H2,19,23)/t14-,15+/m0/s1. The summed E-state index contributed by atoms with van der Waals surface area (Å²) in [4.78, 5) is 32.0. The number of ether oxygens (including phenoxy) is 1. The zero-order valence-corrected chi connectivity index (χ0v) is 14.9. The van der Waals surface area contributed by atoms with Gasteiger partial charge in [0, 0.05) is 38.9 Å². The van der Waals surface area contributed by atoms with Gasteiger partial charge in [0.15, 0.2) is 0 Å². The molecular formula is C18H26N4O3. The third-order valence-corrected chi connectivity index (χ3v) is 5.17. The lowest BCUT2D eigenvalue weighted by Crippen LogP contribution is -2.41. The molecule has 0 radical (unpaired) electrons. The minimum atomic E-state index is -0.439. The summed E-state index contributed by atoms with van der Waals surface area (Å²) in [7, 11) is 3.81. The molecule has 2 saturated heterocycles. The van der Waals surface area contributed by atoms with Crippen molar-refractivity contribution in [1.82, 2.24) is 9.88 Å². The number of primary amides is 1. The Morgan fingerprint density at radius 1 is 1.24 bits per heavy atom. The van der Waals surface area contributed by atoms with Gasteiger partial charge < -0.3 is 20.3 Å². The predicted octanol–water partition coefficient (Wildman–Crippen LogP) is 1.03. The second-order valence-corrected chi connectivity index (χ2v) is 7.07. The number of nitrogens with zero attached hydrogens (tertiary/aromatic N) is 3. The molecule has 2 atom stereocenters. The van der Waals surface area contributed by atoms with Gasteiger partial charge in [-0.2, -0.15) is 0 Å². The molecule has 3 heterocycles. The number of carbonyl (C=O) groups excluding carboxylic acids is 2. The van der Waals surface area contributed by atoms with Crippen LogP contribution in [0.3, 0.4) is 0 Å². The van der Waals surface area contributed by atoms with Crippen LogP contribution in [0.1, 0.15) is 36.0 Å². The van der Waals surface area contributed by atoms with E-state index >= 15 is 0 Å². The van der Waals surface area contributed by atoms with Crippen molar-refractivity contribution in [2.45, 2.75) is 37.9 Å². The van der Waals surface area contributed by atoms with Crippen LogP contribution < -0.4 is 10.6 Å². The van der Waals surface area contributed by atoms with Crippen molar-refractivity contribution in [1.29, 1.82) is 0 Å². The molecule has 2 N–H and O–H groups in total. The van der Waals surface area contributed by atoms with Crippen LogP contribution in [0.2, 0.25) is 0 Å². The van der Waals surface area contributed by atoms with Crippen molar-refractivity contribution in [3.63, 3.8) is 0 Å². The average molecular weight is 346 g/mol. The monoisotopic (exact) mass is 346 g/mol. The van der Waals surface area contributed by atoms with Crippen LogP contribution in [0.15, 0.2) is 18.3 Å². The number of hydrogen-bond acceptors (Lipinski definition) is 5. The van der Waals surface area contributed by atoms with Crippen LogP contribution in [-0.2, 0) is 9.53 Å². The molecule has 0 spiro atoms. The third kappa shape index (κ3) is 3.92. The number of nitrogens with two attached hydrogens (primary N) is 1. The van der Waals surface area contributed by atoms with Crippen molar-refractivity contribution in [3.05, 3.63) is 23.9 Å². The molecular weight excluding hydrogens is 320 g/mol. The Hall–Kier alpha value is -2.15. The number of aromatic nitrogens is 1. The first kappa shape index (κ1) is 17.7. The largest absolute Gasteiger partial charge is 0.367 e. The lowest BCUT2D eigenvalue weighted by Gasteiger charge is -2.34. The van der Waals surface area contributed by atoms with Crippen LogP contribution in [0.25, 0.3) is 0 Å². The molecule has 1 aromatic rings. The Balaban J connectivity index is 1.56. The topological polar surface area (TPSA) is 88.8 Å². The lowest BCUT2D eigenvalue weighted by atomic mass is 9.89.